The first-order valence-electron chi connectivity index (χ1n) is 11.3. The Bertz CT molecular complexity index is 1130. The van der Waals surface area contributed by atoms with Crippen LogP contribution in [0.3, 0.4) is 0 Å². The Kier molecular flexibility index (Phi) is 7.59. The normalized spacial score (nSPS) is 15.5. The second-order valence-electron chi connectivity index (χ2n) is 9.12. The molecule has 0 spiro atoms. The summed E-state index contributed by atoms with van der Waals surface area (Å²) < 4.78 is 28.0. The molecule has 0 atom stereocenters. The lowest BCUT2D eigenvalue weighted by Gasteiger charge is -2.31. The molecule has 2 N–H and O–H groups in total. The number of nitrogens with one attached hydrogen (secondary N) is 2. The molecule has 0 radical (unpaired) electrons. The van der Waals surface area contributed by atoms with E-state index in [1.54, 1.807) is 24.3 Å². The van der Waals surface area contributed by atoms with Crippen LogP contribution < -0.4 is 10.6 Å². The lowest BCUT2D eigenvalue weighted by molar-refractivity contribution is -0.121. The summed E-state index contributed by atoms with van der Waals surface area (Å²) in [5, 5.41) is 5.73. The van der Waals surface area contributed by atoms with Crippen LogP contribution in [-0.2, 0) is 19.6 Å². The van der Waals surface area contributed by atoms with E-state index in [0.29, 0.717) is 42.2 Å². The molecular formula is C25H33N3O4S. The van der Waals surface area contributed by atoms with Crippen molar-refractivity contribution >= 4 is 33.2 Å². The van der Waals surface area contributed by atoms with Crippen LogP contribution in [0.2, 0.25) is 0 Å². The maximum absolute atomic E-state index is 13.3. The smallest absolute Gasteiger partial charge is 0.243 e. The van der Waals surface area contributed by atoms with Crippen LogP contribution in [0.4, 0.5) is 11.4 Å². The number of anilines is 2. The third-order valence-corrected chi connectivity index (χ3v) is 8.15. The van der Waals surface area contributed by atoms with Crippen LogP contribution in [0.5, 0.6) is 0 Å². The predicted molar refractivity (Wildman–Crippen MR) is 131 cm³/mol. The van der Waals surface area contributed by atoms with E-state index in [1.807, 2.05) is 46.8 Å². The van der Waals surface area contributed by atoms with Crippen LogP contribution in [0.1, 0.15) is 43.4 Å². The van der Waals surface area contributed by atoms with Gasteiger partial charge in [0, 0.05) is 36.3 Å². The molecule has 0 bridgehead atoms. The third kappa shape index (κ3) is 5.81. The van der Waals surface area contributed by atoms with E-state index in [0.717, 1.165) is 16.7 Å². The number of hydrogen-bond acceptors (Lipinski definition) is 4. The molecule has 0 aliphatic carbocycles. The molecule has 2 amide bonds. The van der Waals surface area contributed by atoms with Crippen LogP contribution in [0, 0.1) is 32.6 Å². The second kappa shape index (κ2) is 10.1. The Hall–Kier alpha value is -2.71. The first-order valence-corrected chi connectivity index (χ1v) is 12.7. The Morgan fingerprint density at radius 2 is 1.48 bits per heavy atom. The molecule has 33 heavy (non-hydrogen) atoms. The van der Waals surface area contributed by atoms with Crippen molar-refractivity contribution in [2.45, 2.75) is 52.4 Å². The maximum atomic E-state index is 13.3. The van der Waals surface area contributed by atoms with Crippen molar-refractivity contribution in [3.8, 4) is 0 Å². The fourth-order valence-electron chi connectivity index (χ4n) is 4.27. The van der Waals surface area contributed by atoms with Gasteiger partial charge in [-0.1, -0.05) is 37.6 Å². The lowest BCUT2D eigenvalue weighted by atomic mass is 9.97. The van der Waals surface area contributed by atoms with Crippen LogP contribution in [-0.4, -0.2) is 37.6 Å². The quantitative estimate of drug-likeness (QED) is 0.659. The zero-order chi connectivity index (χ0) is 24.3. The molecule has 178 valence electrons. The predicted octanol–water partition coefficient (Wildman–Crippen LogP) is 4.25. The summed E-state index contributed by atoms with van der Waals surface area (Å²) in [6.07, 6.45) is 0.914. The van der Waals surface area contributed by atoms with Gasteiger partial charge in [0.15, 0.2) is 0 Å². The highest BCUT2D eigenvalue weighted by Gasteiger charge is 2.33. The van der Waals surface area contributed by atoms with E-state index in [4.69, 9.17) is 0 Å². The van der Waals surface area contributed by atoms with Gasteiger partial charge in [0.2, 0.25) is 21.8 Å². The fraction of sp³-hybridized carbons (Fsp3) is 0.440. The molecule has 7 nitrogen and oxygen atoms in total. The molecule has 3 rings (SSSR count). The summed E-state index contributed by atoms with van der Waals surface area (Å²) in [6.45, 7) is 9.84. The molecule has 0 aromatic heterocycles. The number of aryl methyl sites for hydroxylation is 3. The minimum absolute atomic E-state index is 0.0916. The van der Waals surface area contributed by atoms with Crippen molar-refractivity contribution in [2.75, 3.05) is 23.7 Å². The second-order valence-corrected chi connectivity index (χ2v) is 11.0. The van der Waals surface area contributed by atoms with Gasteiger partial charge in [-0.2, -0.15) is 4.31 Å². The number of piperidine rings is 1. The van der Waals surface area contributed by atoms with Gasteiger partial charge in [-0.15, -0.1) is 0 Å². The molecule has 2 aromatic rings. The van der Waals surface area contributed by atoms with E-state index in [1.165, 1.54) is 4.31 Å². The minimum Gasteiger partial charge on any atom is -0.326 e. The van der Waals surface area contributed by atoms with Gasteiger partial charge < -0.3 is 10.6 Å². The topological polar surface area (TPSA) is 95.6 Å². The monoisotopic (exact) mass is 471 g/mol. The Labute approximate surface area is 196 Å². The number of nitrogens with zero attached hydrogens (tertiary/aromatic N) is 1. The van der Waals surface area contributed by atoms with Gasteiger partial charge in [-0.3, -0.25) is 9.59 Å². The third-order valence-electron chi connectivity index (χ3n) is 5.95. The van der Waals surface area contributed by atoms with Crippen molar-refractivity contribution in [3.63, 3.8) is 0 Å². The summed E-state index contributed by atoms with van der Waals surface area (Å²) in [7, 11) is -3.61. The van der Waals surface area contributed by atoms with Crippen molar-refractivity contribution in [2.24, 2.45) is 11.8 Å². The number of sulfonamides is 1. The fourth-order valence-corrected chi connectivity index (χ4v) is 6.15. The van der Waals surface area contributed by atoms with Crippen molar-refractivity contribution < 1.29 is 18.0 Å². The number of rotatable bonds is 6. The molecule has 2 aromatic carbocycles. The summed E-state index contributed by atoms with van der Waals surface area (Å²) in [5.41, 5.74) is 3.75. The van der Waals surface area contributed by atoms with Crippen molar-refractivity contribution in [1.29, 1.82) is 0 Å². The number of amides is 2. The highest BCUT2D eigenvalue weighted by molar-refractivity contribution is 7.89. The summed E-state index contributed by atoms with van der Waals surface area (Å²) in [6, 6.07) is 10.8. The lowest BCUT2D eigenvalue weighted by Crippen LogP contribution is -2.41. The van der Waals surface area contributed by atoms with Crippen molar-refractivity contribution in [3.05, 3.63) is 53.1 Å². The number of carbonyl (C=O) groups excluding carboxylic acids is 2. The average molecular weight is 472 g/mol. The molecular weight excluding hydrogens is 438 g/mol. The minimum atomic E-state index is -3.61. The van der Waals surface area contributed by atoms with Gasteiger partial charge in [-0.25, -0.2) is 8.42 Å². The standard InChI is InChI=1S/C25H33N3O4S/c1-16(2)24(29)26-21-7-6-8-22(15-21)27-25(30)20-9-11-28(12-10-20)33(31,32)23-18(4)13-17(3)14-19(23)5/h6-8,13-16,20H,9-12H2,1-5H3,(H,26,29)(H,27,30). The highest BCUT2D eigenvalue weighted by Crippen LogP contribution is 2.29. The van der Waals surface area contributed by atoms with Crippen LogP contribution in [0.15, 0.2) is 41.3 Å². The van der Waals surface area contributed by atoms with Gasteiger partial charge in [-0.05, 0) is 62.9 Å². The van der Waals surface area contributed by atoms with E-state index in [-0.39, 0.29) is 23.7 Å². The highest BCUT2D eigenvalue weighted by atomic mass is 32.2. The summed E-state index contributed by atoms with van der Waals surface area (Å²) in [4.78, 5) is 25.1. The first-order chi connectivity index (χ1) is 15.5. The van der Waals surface area contributed by atoms with E-state index >= 15 is 0 Å². The molecule has 1 fully saturated rings. The molecule has 1 heterocycles. The number of hydrogen-bond donors (Lipinski definition) is 2. The molecule has 1 aliphatic rings. The van der Waals surface area contributed by atoms with Gasteiger partial charge >= 0.3 is 0 Å². The molecule has 1 aliphatic heterocycles. The van der Waals surface area contributed by atoms with Gasteiger partial charge in [0.1, 0.15) is 0 Å². The maximum Gasteiger partial charge on any atom is 0.243 e. The Morgan fingerprint density at radius 3 is 2.03 bits per heavy atom. The first kappa shape index (κ1) is 24.9. The van der Waals surface area contributed by atoms with Gasteiger partial charge in [0.05, 0.1) is 4.90 Å². The Morgan fingerprint density at radius 1 is 0.939 bits per heavy atom. The van der Waals surface area contributed by atoms with Gasteiger partial charge in [0.25, 0.3) is 0 Å². The van der Waals surface area contributed by atoms with Crippen LogP contribution in [0.25, 0.3) is 0 Å². The zero-order valence-corrected chi connectivity index (χ0v) is 20.8. The molecule has 8 heteroatoms. The van der Waals surface area contributed by atoms with E-state index in [2.05, 4.69) is 10.6 Å². The SMILES string of the molecule is Cc1cc(C)c(S(=O)(=O)N2CCC(C(=O)Nc3cccc(NC(=O)C(C)C)c3)CC2)c(C)c1. The van der Waals surface area contributed by atoms with E-state index < -0.39 is 10.0 Å². The van der Waals surface area contributed by atoms with Crippen molar-refractivity contribution in [1.82, 2.24) is 4.31 Å². The zero-order valence-electron chi connectivity index (χ0n) is 19.9. The number of benzene rings is 2. The summed E-state index contributed by atoms with van der Waals surface area (Å²) in [5.74, 6) is -0.643. The number of carbonyl (C=O) groups is 2. The molecule has 0 unspecified atom stereocenters. The summed E-state index contributed by atoms with van der Waals surface area (Å²) >= 11 is 0. The largest absolute Gasteiger partial charge is 0.326 e. The Balaban J connectivity index is 1.63. The molecule has 0 saturated carbocycles. The average Bonchev–Trinajstić information content (AvgIpc) is 2.73. The molecule has 1 saturated heterocycles. The van der Waals surface area contributed by atoms with Crippen LogP contribution >= 0.6 is 0 Å². The van der Waals surface area contributed by atoms with E-state index in [9.17, 15) is 18.0 Å².